The van der Waals surface area contributed by atoms with Crippen LogP contribution in [0.2, 0.25) is 40.2 Å². The Labute approximate surface area is 415 Å². The molecule has 0 aromatic heterocycles. The Hall–Kier alpha value is -4.28. The van der Waals surface area contributed by atoms with Crippen LogP contribution in [-0.4, -0.2) is 103 Å². The molecule has 0 unspecified atom stereocenters. The first-order valence-electron chi connectivity index (χ1n) is 18.3. The van der Waals surface area contributed by atoms with Gasteiger partial charge in [-0.3, -0.25) is 16.0 Å². The molecule has 26 heteroatoms. The van der Waals surface area contributed by atoms with E-state index in [1.54, 1.807) is 56.6 Å². The highest BCUT2D eigenvalue weighted by atomic mass is 35.5. The van der Waals surface area contributed by atoms with Crippen LogP contribution in [0.3, 0.4) is 0 Å². The first-order valence-corrected chi connectivity index (χ1v) is 21.3. The summed E-state index contributed by atoms with van der Waals surface area (Å²) in [5.41, 5.74) is 6.98. The molecule has 4 aromatic carbocycles. The van der Waals surface area contributed by atoms with Gasteiger partial charge in [-0.2, -0.15) is 0 Å². The van der Waals surface area contributed by atoms with Crippen LogP contribution in [0.15, 0.2) is 78.0 Å². The molecule has 0 fully saturated rings. The number of halogens is 8. The fraction of sp³-hybridized carbons (Fsp3) is 0.282. The second-order valence-electron chi connectivity index (χ2n) is 11.5. The molecule has 0 aliphatic carbocycles. The lowest BCUT2D eigenvalue weighted by atomic mass is 10.3. The molecule has 358 valence electrons. The lowest BCUT2D eigenvalue weighted by Gasteiger charge is -2.08. The van der Waals surface area contributed by atoms with E-state index in [-0.39, 0.29) is 38.6 Å². The summed E-state index contributed by atoms with van der Waals surface area (Å²) >= 11 is 45.6. The van der Waals surface area contributed by atoms with E-state index in [0.29, 0.717) is 76.9 Å². The van der Waals surface area contributed by atoms with E-state index in [9.17, 15) is 24.1 Å². The molecule has 0 aliphatic heterocycles. The maximum absolute atomic E-state index is 11.4. The Morgan fingerprint density at radius 3 is 1.22 bits per heavy atom. The Balaban J connectivity index is 0.000000824. The third-order valence-corrected chi connectivity index (χ3v) is 9.55. The molecule has 0 atom stereocenters. The zero-order valence-electron chi connectivity index (χ0n) is 34.8. The minimum Gasteiger partial charge on any atom is -0.453 e. The van der Waals surface area contributed by atoms with Crippen molar-refractivity contribution in [2.45, 2.75) is 0 Å². The number of aliphatic hydroxyl groups is 1. The van der Waals surface area contributed by atoms with E-state index >= 15 is 0 Å². The van der Waals surface area contributed by atoms with Crippen LogP contribution in [-0.2, 0) is 18.9 Å². The largest absolute Gasteiger partial charge is 0.453 e. The van der Waals surface area contributed by atoms with Gasteiger partial charge in [0, 0.05) is 36.7 Å². The number of amides is 4. The number of rotatable bonds is 14. The zero-order chi connectivity index (χ0) is 49.2. The molecule has 65 heavy (non-hydrogen) atoms. The summed E-state index contributed by atoms with van der Waals surface area (Å²) < 4.78 is 18.7. The molecule has 4 amide bonds. The standard InChI is InChI=1S/C11H12Cl2N2O4.C10H12Cl2N2O2.C9H10Cl2N2O2.C6H3Cl2NO.C3H9NO/c1-18-10(16)14-4-5-19-11(17)15-7-2-3-8(12)9(13)6-7;1-13-4-5-16-10(15)14-7-2-3-8(11)9(12)6-7;10-7-2-1-6(5-8(7)11)13-9(14)15-4-3-12;7-5-2-1-4(9-10)3-6(5)8;1-4-2-3-5/h2-3,6H,4-5H2,1H3,(H,14,16)(H,15,17);2-3,6,13H,4-5H2,1H3,(H,14,15);1-2,5H,3-4,12H2,(H,13,14);1-3H;4-5H,2-3H2,1H3. The quantitative estimate of drug-likeness (QED) is 0.0333. The number of aliphatic hydroxyl groups excluding tert-OH is 1. The number of anilines is 3. The second kappa shape index (κ2) is 36.9. The summed E-state index contributed by atoms with van der Waals surface area (Å²) in [6.07, 6.45) is -2.34. The predicted octanol–water partition coefficient (Wildman–Crippen LogP) is 10.7. The van der Waals surface area contributed by atoms with Gasteiger partial charge in [0.25, 0.3) is 0 Å². The van der Waals surface area contributed by atoms with Gasteiger partial charge in [0.2, 0.25) is 0 Å². The molecule has 0 aliphatic rings. The van der Waals surface area contributed by atoms with Crippen LogP contribution in [0.1, 0.15) is 0 Å². The van der Waals surface area contributed by atoms with Crippen LogP contribution < -0.4 is 37.6 Å². The Morgan fingerprint density at radius 2 is 0.908 bits per heavy atom. The number of alkyl carbamates (subject to hydrolysis) is 1. The van der Waals surface area contributed by atoms with Crippen molar-refractivity contribution in [1.82, 2.24) is 16.0 Å². The number of methoxy groups -OCH3 is 1. The van der Waals surface area contributed by atoms with Crippen molar-refractivity contribution < 1.29 is 43.2 Å². The average molecular weight is 1070 g/mol. The van der Waals surface area contributed by atoms with Crippen molar-refractivity contribution in [3.63, 3.8) is 0 Å². The summed E-state index contributed by atoms with van der Waals surface area (Å²) in [7, 11) is 4.82. The lowest BCUT2D eigenvalue weighted by molar-refractivity contribution is 0.151. The summed E-state index contributed by atoms with van der Waals surface area (Å²) in [5, 5.41) is 29.3. The topological polar surface area (TPSA) is 253 Å². The molecular weight excluding hydrogens is 1020 g/mol. The minimum atomic E-state index is -0.662. The maximum atomic E-state index is 11.4. The normalized spacial score (nSPS) is 9.62. The van der Waals surface area contributed by atoms with E-state index in [0.717, 1.165) is 0 Å². The van der Waals surface area contributed by atoms with Crippen molar-refractivity contribution in [2.75, 3.05) is 89.8 Å². The van der Waals surface area contributed by atoms with Crippen LogP contribution in [0, 0.1) is 4.91 Å². The van der Waals surface area contributed by atoms with Gasteiger partial charge < -0.3 is 45.7 Å². The number of nitrogens with two attached hydrogens (primary N) is 1. The Bertz CT molecular complexity index is 2080. The Kier molecular flexibility index (Phi) is 34.5. The summed E-state index contributed by atoms with van der Waals surface area (Å²) in [4.78, 5) is 54.3. The summed E-state index contributed by atoms with van der Waals surface area (Å²) in [6, 6.07) is 18.6. The number of nitroso groups, excluding NO2 is 1. The van der Waals surface area contributed by atoms with Gasteiger partial charge in [0.1, 0.15) is 25.5 Å². The van der Waals surface area contributed by atoms with Crippen LogP contribution in [0.25, 0.3) is 0 Å². The summed E-state index contributed by atoms with van der Waals surface area (Å²) in [6.45, 7) is 2.47. The van der Waals surface area contributed by atoms with Crippen LogP contribution in [0.5, 0.6) is 0 Å². The number of nitrogens with zero attached hydrogens (tertiary/aromatic N) is 1. The molecule has 0 saturated heterocycles. The molecular formula is C39H46Cl8N8O10. The van der Waals surface area contributed by atoms with Gasteiger partial charge in [0.05, 0.1) is 60.4 Å². The zero-order valence-corrected chi connectivity index (χ0v) is 40.8. The number of hydrogen-bond acceptors (Lipinski definition) is 14. The predicted molar refractivity (Wildman–Crippen MR) is 261 cm³/mol. The molecule has 0 spiro atoms. The van der Waals surface area contributed by atoms with Crippen molar-refractivity contribution in [3.8, 4) is 0 Å². The van der Waals surface area contributed by atoms with E-state index in [1.807, 2.05) is 0 Å². The van der Waals surface area contributed by atoms with E-state index in [4.69, 9.17) is 118 Å². The third-order valence-electron chi connectivity index (χ3n) is 6.59. The second-order valence-corrected chi connectivity index (χ2v) is 14.8. The molecule has 0 saturated carbocycles. The van der Waals surface area contributed by atoms with Gasteiger partial charge >= 0.3 is 24.4 Å². The van der Waals surface area contributed by atoms with Crippen LogP contribution >= 0.6 is 92.8 Å². The Morgan fingerprint density at radius 1 is 0.538 bits per heavy atom. The van der Waals surface area contributed by atoms with Crippen molar-refractivity contribution >= 4 is 140 Å². The van der Waals surface area contributed by atoms with Crippen molar-refractivity contribution in [3.05, 3.63) is 118 Å². The molecule has 4 rings (SSSR count). The molecule has 18 nitrogen and oxygen atoms in total. The monoisotopic (exact) mass is 1070 g/mol. The maximum Gasteiger partial charge on any atom is 0.411 e. The van der Waals surface area contributed by atoms with E-state index < -0.39 is 24.4 Å². The molecule has 0 bridgehead atoms. The number of carbonyl (C=O) groups is 4. The van der Waals surface area contributed by atoms with Gasteiger partial charge in [-0.25, -0.2) is 19.2 Å². The van der Waals surface area contributed by atoms with Crippen molar-refractivity contribution in [2.24, 2.45) is 10.9 Å². The first kappa shape index (κ1) is 60.7. The highest BCUT2D eigenvalue weighted by Crippen LogP contribution is 2.28. The number of hydrogen-bond donors (Lipinski definition) is 8. The third kappa shape index (κ3) is 29.8. The fourth-order valence-electron chi connectivity index (χ4n) is 3.60. The van der Waals surface area contributed by atoms with Gasteiger partial charge in [-0.15, -0.1) is 4.91 Å². The molecule has 4 aromatic rings. The molecule has 0 heterocycles. The number of benzene rings is 4. The van der Waals surface area contributed by atoms with E-state index in [2.05, 4.69) is 41.8 Å². The van der Waals surface area contributed by atoms with Crippen LogP contribution in [0.4, 0.5) is 41.9 Å². The fourth-order valence-corrected chi connectivity index (χ4v) is 4.79. The van der Waals surface area contributed by atoms with Gasteiger partial charge in [-0.1, -0.05) is 92.8 Å². The molecule has 0 radical (unpaired) electrons. The smallest absolute Gasteiger partial charge is 0.411 e. The first-order chi connectivity index (χ1) is 30.9. The number of carbonyl (C=O) groups excluding carboxylic acids is 4. The number of ether oxygens (including phenoxy) is 4. The highest BCUT2D eigenvalue weighted by molar-refractivity contribution is 6.43. The van der Waals surface area contributed by atoms with Gasteiger partial charge in [-0.05, 0) is 92.1 Å². The van der Waals surface area contributed by atoms with Crippen molar-refractivity contribution in [1.29, 1.82) is 0 Å². The summed E-state index contributed by atoms with van der Waals surface area (Å²) in [5.74, 6) is 0. The number of nitrogens with one attached hydrogen (secondary N) is 6. The van der Waals surface area contributed by atoms with Gasteiger partial charge in [0.15, 0.2) is 0 Å². The number of likely N-dealkylation sites (N-methyl/N-ethyl adjacent to an activating group) is 2. The van der Waals surface area contributed by atoms with E-state index in [1.165, 1.54) is 37.4 Å². The minimum absolute atomic E-state index is 0.0161. The average Bonchev–Trinajstić information content (AvgIpc) is 3.27. The SMILES string of the molecule is CNCCO.CNCCOC(=O)Nc1ccc(Cl)c(Cl)c1.COC(=O)NCCOC(=O)Nc1ccc(Cl)c(Cl)c1.NCCOC(=O)Nc1ccc(Cl)c(Cl)c1.O=Nc1ccc(Cl)c(Cl)c1. The highest BCUT2D eigenvalue weighted by Gasteiger charge is 2.08. The molecule has 9 N–H and O–H groups in total. The lowest BCUT2D eigenvalue weighted by Crippen LogP contribution is -2.28.